The van der Waals surface area contributed by atoms with Crippen LogP contribution in [0.1, 0.15) is 62.3 Å². The van der Waals surface area contributed by atoms with Crippen LogP contribution in [0, 0.1) is 5.41 Å². The van der Waals surface area contributed by atoms with Gasteiger partial charge in [-0.05, 0) is 26.8 Å². The standard InChI is InChI=1S/C19H34O5Si/c1-17(2,3)16(20)23-13-10-11-21-14-12-22-25(18(4,5)6,19(7,8)9)24-15(13)14/h10-11,13-15H,12H2,1-9H3/t13-,14-,15+/m1/s1. The first kappa shape index (κ1) is 20.5. The third kappa shape index (κ3) is 3.81. The first-order chi connectivity index (χ1) is 11.2. The third-order valence-electron chi connectivity index (χ3n) is 4.79. The van der Waals surface area contributed by atoms with Crippen LogP contribution in [0.2, 0.25) is 10.1 Å². The summed E-state index contributed by atoms with van der Waals surface area (Å²) in [5, 5.41) is -0.258. The first-order valence-corrected chi connectivity index (χ1v) is 10.9. The van der Waals surface area contributed by atoms with Gasteiger partial charge >= 0.3 is 14.5 Å². The highest BCUT2D eigenvalue weighted by atomic mass is 28.4. The zero-order valence-corrected chi connectivity index (χ0v) is 18.1. The number of hydrogen-bond acceptors (Lipinski definition) is 5. The van der Waals surface area contributed by atoms with Crippen LogP contribution in [-0.2, 0) is 23.1 Å². The zero-order chi connectivity index (χ0) is 19.3. The maximum atomic E-state index is 12.4. The molecule has 6 heteroatoms. The van der Waals surface area contributed by atoms with E-state index in [9.17, 15) is 4.79 Å². The Morgan fingerprint density at radius 1 is 1.04 bits per heavy atom. The highest BCUT2D eigenvalue weighted by Gasteiger charge is 2.63. The average molecular weight is 371 g/mol. The van der Waals surface area contributed by atoms with Gasteiger partial charge in [-0.3, -0.25) is 4.79 Å². The van der Waals surface area contributed by atoms with Gasteiger partial charge in [0.2, 0.25) is 0 Å². The fourth-order valence-electron chi connectivity index (χ4n) is 3.64. The largest absolute Gasteiger partial charge is 0.493 e. The molecule has 0 N–H and O–H groups in total. The van der Waals surface area contributed by atoms with Crippen molar-refractivity contribution in [3.8, 4) is 0 Å². The Labute approximate surface area is 153 Å². The van der Waals surface area contributed by atoms with E-state index < -0.39 is 20.1 Å². The van der Waals surface area contributed by atoms with Gasteiger partial charge in [-0.2, -0.15) is 0 Å². The second-order valence-electron chi connectivity index (χ2n) is 10.1. The monoisotopic (exact) mass is 370 g/mol. The van der Waals surface area contributed by atoms with E-state index in [1.54, 1.807) is 12.3 Å². The smallest absolute Gasteiger partial charge is 0.349 e. The molecule has 0 aromatic rings. The summed E-state index contributed by atoms with van der Waals surface area (Å²) in [5.41, 5.74) is -0.560. The van der Waals surface area contributed by atoms with Crippen molar-refractivity contribution in [2.24, 2.45) is 5.41 Å². The topological polar surface area (TPSA) is 54.0 Å². The minimum atomic E-state index is -2.64. The quantitative estimate of drug-likeness (QED) is 0.508. The van der Waals surface area contributed by atoms with Gasteiger partial charge in [0.1, 0.15) is 12.2 Å². The summed E-state index contributed by atoms with van der Waals surface area (Å²) in [5.74, 6) is -0.239. The molecular weight excluding hydrogens is 336 g/mol. The summed E-state index contributed by atoms with van der Waals surface area (Å²) in [4.78, 5) is 12.4. The van der Waals surface area contributed by atoms with E-state index >= 15 is 0 Å². The molecule has 25 heavy (non-hydrogen) atoms. The summed E-state index contributed by atoms with van der Waals surface area (Å²) < 4.78 is 24.6. The molecule has 0 aliphatic carbocycles. The van der Waals surface area contributed by atoms with E-state index in [-0.39, 0.29) is 28.3 Å². The molecule has 0 bridgehead atoms. The minimum absolute atomic E-state index is 0.129. The number of carbonyl (C=O) groups excluding carboxylic acids is 1. The highest BCUT2D eigenvalue weighted by Crippen LogP contribution is 2.54. The number of ether oxygens (including phenoxy) is 2. The van der Waals surface area contributed by atoms with Crippen LogP contribution < -0.4 is 0 Å². The molecule has 3 atom stereocenters. The third-order valence-corrected chi connectivity index (χ3v) is 9.92. The van der Waals surface area contributed by atoms with E-state index in [0.29, 0.717) is 6.61 Å². The molecule has 5 nitrogen and oxygen atoms in total. The van der Waals surface area contributed by atoms with Gasteiger partial charge in [0, 0.05) is 10.1 Å². The summed E-state index contributed by atoms with van der Waals surface area (Å²) in [7, 11) is -2.64. The molecule has 1 fully saturated rings. The van der Waals surface area contributed by atoms with Gasteiger partial charge in [-0.25, -0.2) is 0 Å². The van der Waals surface area contributed by atoms with Crippen molar-refractivity contribution in [3.63, 3.8) is 0 Å². The Hall–Kier alpha value is -0.853. The zero-order valence-electron chi connectivity index (χ0n) is 17.1. The molecule has 2 heterocycles. The van der Waals surface area contributed by atoms with Crippen LogP contribution in [0.5, 0.6) is 0 Å². The lowest BCUT2D eigenvalue weighted by molar-refractivity contribution is -0.174. The lowest BCUT2D eigenvalue weighted by Gasteiger charge is -2.55. The molecule has 2 rings (SSSR count). The Kier molecular flexibility index (Phi) is 5.23. The van der Waals surface area contributed by atoms with Crippen molar-refractivity contribution in [2.75, 3.05) is 6.61 Å². The lowest BCUT2D eigenvalue weighted by atomic mass is 9.97. The van der Waals surface area contributed by atoms with E-state index in [1.807, 2.05) is 20.8 Å². The summed E-state index contributed by atoms with van der Waals surface area (Å²) in [6, 6.07) is 0. The average Bonchev–Trinajstić information content (AvgIpc) is 2.43. The van der Waals surface area contributed by atoms with Crippen LogP contribution in [-0.4, -0.2) is 39.4 Å². The number of fused-ring (bicyclic) bond motifs is 1. The summed E-state index contributed by atoms with van der Waals surface area (Å²) in [6.07, 6.45) is 2.33. The van der Waals surface area contributed by atoms with Crippen molar-refractivity contribution in [1.82, 2.24) is 0 Å². The maximum absolute atomic E-state index is 12.4. The normalized spacial score (nSPS) is 29.6. The molecular formula is C19H34O5Si. The molecule has 0 saturated carbocycles. The second-order valence-corrected chi connectivity index (χ2v) is 14.9. The first-order valence-electron chi connectivity index (χ1n) is 9.04. The van der Waals surface area contributed by atoms with E-state index in [0.717, 1.165) is 0 Å². The Bertz CT molecular complexity index is 521. The summed E-state index contributed by atoms with van der Waals surface area (Å²) in [6.45, 7) is 19.0. The van der Waals surface area contributed by atoms with Crippen LogP contribution in [0.3, 0.4) is 0 Å². The van der Waals surface area contributed by atoms with E-state index in [4.69, 9.17) is 18.3 Å². The van der Waals surface area contributed by atoms with Crippen molar-refractivity contribution < 1.29 is 23.1 Å². The molecule has 0 radical (unpaired) electrons. The molecule has 2 aliphatic heterocycles. The molecule has 0 aromatic heterocycles. The molecule has 144 valence electrons. The Morgan fingerprint density at radius 3 is 2.08 bits per heavy atom. The Balaban J connectivity index is 2.32. The van der Waals surface area contributed by atoms with Gasteiger partial charge in [-0.15, -0.1) is 0 Å². The van der Waals surface area contributed by atoms with Crippen LogP contribution in [0.15, 0.2) is 12.3 Å². The molecule has 0 spiro atoms. The second kappa shape index (κ2) is 6.39. The van der Waals surface area contributed by atoms with Crippen molar-refractivity contribution in [1.29, 1.82) is 0 Å². The van der Waals surface area contributed by atoms with Crippen LogP contribution >= 0.6 is 0 Å². The van der Waals surface area contributed by atoms with Gasteiger partial charge in [-0.1, -0.05) is 41.5 Å². The fourth-order valence-corrected chi connectivity index (χ4v) is 8.60. The minimum Gasteiger partial charge on any atom is -0.493 e. The number of esters is 1. The van der Waals surface area contributed by atoms with Crippen LogP contribution in [0.4, 0.5) is 0 Å². The van der Waals surface area contributed by atoms with Gasteiger partial charge in [0.15, 0.2) is 6.10 Å². The molecule has 0 amide bonds. The van der Waals surface area contributed by atoms with E-state index in [2.05, 4.69) is 41.5 Å². The number of rotatable bonds is 1. The Morgan fingerprint density at radius 2 is 1.60 bits per heavy atom. The van der Waals surface area contributed by atoms with E-state index in [1.165, 1.54) is 0 Å². The van der Waals surface area contributed by atoms with Gasteiger partial charge in [0.25, 0.3) is 0 Å². The fraction of sp³-hybridized carbons (Fsp3) is 0.842. The maximum Gasteiger partial charge on any atom is 0.349 e. The predicted octanol–water partition coefficient (Wildman–Crippen LogP) is 4.31. The van der Waals surface area contributed by atoms with Crippen molar-refractivity contribution in [2.45, 2.75) is 90.7 Å². The number of hydrogen-bond donors (Lipinski definition) is 0. The SMILES string of the molecule is CC(C)(C)C(=O)O[C@@H]1C=CO[C@@H]2CO[Si](C(C)(C)C)(C(C)(C)C)O[C@@H]12. The molecule has 0 unspecified atom stereocenters. The highest BCUT2D eigenvalue weighted by molar-refractivity contribution is 6.73. The van der Waals surface area contributed by atoms with Crippen LogP contribution in [0.25, 0.3) is 0 Å². The molecule has 1 saturated heterocycles. The summed E-state index contributed by atoms with van der Waals surface area (Å²) >= 11 is 0. The molecule has 2 aliphatic rings. The van der Waals surface area contributed by atoms with Crippen molar-refractivity contribution in [3.05, 3.63) is 12.3 Å². The lowest BCUT2D eigenvalue weighted by Crippen LogP contribution is -2.67. The predicted molar refractivity (Wildman–Crippen MR) is 99.4 cm³/mol. The van der Waals surface area contributed by atoms with Crippen molar-refractivity contribution >= 4 is 14.5 Å². The van der Waals surface area contributed by atoms with Gasteiger partial charge in [0.05, 0.1) is 18.3 Å². The number of carbonyl (C=O) groups is 1. The van der Waals surface area contributed by atoms with Gasteiger partial charge < -0.3 is 18.3 Å². The molecule has 0 aromatic carbocycles.